The van der Waals surface area contributed by atoms with Gasteiger partial charge < -0.3 is 10.5 Å². The number of fused-ring (bicyclic) bond motifs is 1. The molecule has 1 aromatic heterocycles. The van der Waals surface area contributed by atoms with Gasteiger partial charge in [0.25, 0.3) is 5.91 Å². The van der Waals surface area contributed by atoms with Crippen molar-refractivity contribution in [2.24, 2.45) is 5.73 Å². The monoisotopic (exact) mass is 288 g/mol. The molecule has 0 bridgehead atoms. The molecule has 1 aliphatic heterocycles. The fourth-order valence-corrected chi connectivity index (χ4v) is 2.45. The average molecular weight is 288 g/mol. The SMILES string of the molecule is COc1ccccc1Cn1cc2c(n1)N(O)C(=O)C(N)C2. The van der Waals surface area contributed by atoms with Crippen LogP contribution in [0.2, 0.25) is 0 Å². The van der Waals surface area contributed by atoms with Crippen molar-refractivity contribution in [2.45, 2.75) is 19.0 Å². The summed E-state index contributed by atoms with van der Waals surface area (Å²) >= 11 is 0. The highest BCUT2D eigenvalue weighted by Gasteiger charge is 2.32. The molecule has 0 radical (unpaired) electrons. The van der Waals surface area contributed by atoms with Gasteiger partial charge in [0.1, 0.15) is 5.75 Å². The van der Waals surface area contributed by atoms with Crippen LogP contribution in [0.25, 0.3) is 0 Å². The minimum Gasteiger partial charge on any atom is -0.496 e. The molecule has 3 rings (SSSR count). The summed E-state index contributed by atoms with van der Waals surface area (Å²) in [7, 11) is 1.61. The van der Waals surface area contributed by atoms with Gasteiger partial charge in [-0.2, -0.15) is 10.2 Å². The largest absolute Gasteiger partial charge is 0.496 e. The number of carbonyl (C=O) groups is 1. The lowest BCUT2D eigenvalue weighted by molar-refractivity contribution is -0.125. The number of carbonyl (C=O) groups excluding carboxylic acids is 1. The van der Waals surface area contributed by atoms with Gasteiger partial charge in [-0.3, -0.25) is 14.7 Å². The molecule has 2 heterocycles. The van der Waals surface area contributed by atoms with Crippen LogP contribution in [0, 0.1) is 0 Å². The van der Waals surface area contributed by atoms with E-state index in [2.05, 4.69) is 5.10 Å². The Bertz CT molecular complexity index is 683. The van der Waals surface area contributed by atoms with Gasteiger partial charge in [0.15, 0.2) is 5.82 Å². The summed E-state index contributed by atoms with van der Waals surface area (Å²) < 4.78 is 6.96. The Morgan fingerprint density at radius 2 is 2.24 bits per heavy atom. The molecule has 21 heavy (non-hydrogen) atoms. The highest BCUT2D eigenvalue weighted by molar-refractivity contribution is 5.97. The van der Waals surface area contributed by atoms with Crippen molar-refractivity contribution < 1.29 is 14.7 Å². The third kappa shape index (κ3) is 2.37. The molecular weight excluding hydrogens is 272 g/mol. The van der Waals surface area contributed by atoms with Gasteiger partial charge >= 0.3 is 0 Å². The number of amides is 1. The number of methoxy groups -OCH3 is 1. The summed E-state index contributed by atoms with van der Waals surface area (Å²) in [6.07, 6.45) is 2.16. The van der Waals surface area contributed by atoms with E-state index in [0.717, 1.165) is 16.9 Å². The summed E-state index contributed by atoms with van der Waals surface area (Å²) in [5.41, 5.74) is 7.39. The van der Waals surface area contributed by atoms with Crippen LogP contribution in [-0.2, 0) is 17.8 Å². The van der Waals surface area contributed by atoms with Gasteiger partial charge in [0.2, 0.25) is 0 Å². The lowest BCUT2D eigenvalue weighted by atomic mass is 10.1. The van der Waals surface area contributed by atoms with E-state index in [1.165, 1.54) is 0 Å². The predicted octanol–water partition coefficient (Wildman–Crippen LogP) is 0.546. The Hall–Kier alpha value is -2.38. The Morgan fingerprint density at radius 3 is 3.00 bits per heavy atom. The third-order valence-electron chi connectivity index (χ3n) is 3.51. The first-order valence-electron chi connectivity index (χ1n) is 6.57. The second kappa shape index (κ2) is 5.19. The van der Waals surface area contributed by atoms with Gasteiger partial charge in [-0.05, 0) is 6.07 Å². The molecule has 7 nitrogen and oxygen atoms in total. The van der Waals surface area contributed by atoms with Gasteiger partial charge in [0.05, 0.1) is 19.7 Å². The molecule has 7 heteroatoms. The van der Waals surface area contributed by atoms with E-state index in [4.69, 9.17) is 10.5 Å². The van der Waals surface area contributed by atoms with Crippen molar-refractivity contribution in [1.82, 2.24) is 9.78 Å². The number of benzene rings is 1. The minimum absolute atomic E-state index is 0.247. The highest BCUT2D eigenvalue weighted by atomic mass is 16.5. The van der Waals surface area contributed by atoms with Crippen LogP contribution in [-0.4, -0.2) is 34.0 Å². The van der Waals surface area contributed by atoms with Crippen molar-refractivity contribution in [3.05, 3.63) is 41.6 Å². The van der Waals surface area contributed by atoms with Crippen molar-refractivity contribution >= 4 is 11.7 Å². The number of hydroxylamine groups is 1. The Morgan fingerprint density at radius 1 is 1.48 bits per heavy atom. The summed E-state index contributed by atoms with van der Waals surface area (Å²) in [4.78, 5) is 11.6. The van der Waals surface area contributed by atoms with E-state index < -0.39 is 11.9 Å². The molecule has 1 amide bonds. The summed E-state index contributed by atoms with van der Waals surface area (Å²) in [6.45, 7) is 0.480. The maximum absolute atomic E-state index is 11.6. The van der Waals surface area contributed by atoms with Crippen molar-refractivity contribution in [3.8, 4) is 5.75 Å². The van der Waals surface area contributed by atoms with Crippen LogP contribution in [0.4, 0.5) is 5.82 Å². The van der Waals surface area contributed by atoms with Crippen molar-refractivity contribution in [3.63, 3.8) is 0 Å². The average Bonchev–Trinajstić information content (AvgIpc) is 2.88. The molecule has 110 valence electrons. The molecule has 0 fully saturated rings. The highest BCUT2D eigenvalue weighted by Crippen LogP contribution is 2.25. The first-order valence-corrected chi connectivity index (χ1v) is 6.57. The fraction of sp³-hybridized carbons (Fsp3) is 0.286. The number of aromatic nitrogens is 2. The molecule has 1 aliphatic rings. The maximum atomic E-state index is 11.6. The zero-order valence-corrected chi connectivity index (χ0v) is 11.6. The molecule has 3 N–H and O–H groups in total. The Balaban J connectivity index is 1.90. The first-order chi connectivity index (χ1) is 10.1. The molecule has 1 atom stereocenters. The van der Waals surface area contributed by atoms with E-state index in [1.54, 1.807) is 18.0 Å². The van der Waals surface area contributed by atoms with Gasteiger partial charge in [-0.15, -0.1) is 0 Å². The molecule has 2 aromatic rings. The van der Waals surface area contributed by atoms with Crippen LogP contribution < -0.4 is 15.5 Å². The van der Waals surface area contributed by atoms with Crippen LogP contribution in [0.15, 0.2) is 30.5 Å². The third-order valence-corrected chi connectivity index (χ3v) is 3.51. The summed E-state index contributed by atoms with van der Waals surface area (Å²) in [5.74, 6) is 0.473. The van der Waals surface area contributed by atoms with E-state index in [-0.39, 0.29) is 5.82 Å². The van der Waals surface area contributed by atoms with Crippen LogP contribution in [0.5, 0.6) is 5.75 Å². The molecule has 0 aliphatic carbocycles. The van der Waals surface area contributed by atoms with Crippen molar-refractivity contribution in [1.29, 1.82) is 0 Å². The molecule has 1 aromatic carbocycles. The lowest BCUT2D eigenvalue weighted by Gasteiger charge is -2.22. The Kier molecular flexibility index (Phi) is 3.36. The number of hydrogen-bond acceptors (Lipinski definition) is 5. The number of anilines is 1. The number of nitrogens with two attached hydrogens (primary N) is 1. The van der Waals surface area contributed by atoms with Crippen molar-refractivity contribution in [2.75, 3.05) is 12.2 Å². The molecular formula is C14H16N4O3. The lowest BCUT2D eigenvalue weighted by Crippen LogP contribution is -2.47. The molecule has 0 saturated heterocycles. The molecule has 0 saturated carbocycles. The number of para-hydroxylation sites is 1. The topological polar surface area (TPSA) is 93.6 Å². The zero-order valence-electron chi connectivity index (χ0n) is 11.6. The van der Waals surface area contributed by atoms with E-state index in [9.17, 15) is 10.0 Å². The van der Waals surface area contributed by atoms with Crippen LogP contribution in [0.3, 0.4) is 0 Å². The van der Waals surface area contributed by atoms with Crippen LogP contribution in [0.1, 0.15) is 11.1 Å². The van der Waals surface area contributed by atoms with E-state index in [1.807, 2.05) is 24.3 Å². The maximum Gasteiger partial charge on any atom is 0.269 e. The zero-order chi connectivity index (χ0) is 15.0. The van der Waals surface area contributed by atoms with Gasteiger partial charge in [0, 0.05) is 23.7 Å². The normalized spacial score (nSPS) is 17.8. The number of nitrogens with zero attached hydrogens (tertiary/aromatic N) is 3. The smallest absolute Gasteiger partial charge is 0.269 e. The van der Waals surface area contributed by atoms with E-state index >= 15 is 0 Å². The quantitative estimate of drug-likeness (QED) is 0.804. The van der Waals surface area contributed by atoms with Gasteiger partial charge in [-0.1, -0.05) is 18.2 Å². The standard InChI is InChI=1S/C14H16N4O3/c1-21-12-5-3-2-4-9(12)7-17-8-10-6-11(15)14(19)18(20)13(10)16-17/h2-5,8,11,20H,6-7,15H2,1H3. The van der Waals surface area contributed by atoms with Gasteiger partial charge in [-0.25, -0.2) is 0 Å². The first kappa shape index (κ1) is 13.6. The van der Waals surface area contributed by atoms with E-state index in [0.29, 0.717) is 18.0 Å². The number of ether oxygens (including phenoxy) is 1. The number of rotatable bonds is 3. The second-order valence-corrected chi connectivity index (χ2v) is 4.95. The Labute approximate surface area is 121 Å². The summed E-state index contributed by atoms with van der Waals surface area (Å²) in [5, 5.41) is 14.6. The summed E-state index contributed by atoms with van der Waals surface area (Å²) in [6, 6.07) is 6.89. The minimum atomic E-state index is -0.730. The molecule has 0 spiro atoms. The number of hydrogen-bond donors (Lipinski definition) is 2. The molecule has 1 unspecified atom stereocenters. The predicted molar refractivity (Wildman–Crippen MR) is 75.3 cm³/mol. The van der Waals surface area contributed by atoms with Crippen LogP contribution >= 0.6 is 0 Å². The second-order valence-electron chi connectivity index (χ2n) is 4.95. The fourth-order valence-electron chi connectivity index (χ4n) is 2.45.